The van der Waals surface area contributed by atoms with Gasteiger partial charge in [0, 0.05) is 16.3 Å². The number of anilines is 1. The Morgan fingerprint density at radius 3 is 1.83 bits per heavy atom. The number of ether oxygens (including phenoxy) is 1. The highest BCUT2D eigenvalue weighted by atomic mass is 35.5. The molecule has 4 rings (SSSR count). The van der Waals surface area contributed by atoms with Crippen LogP contribution in [0.15, 0.2) is 103 Å². The third kappa shape index (κ3) is 4.84. The molecule has 29 heavy (non-hydrogen) atoms. The predicted octanol–water partition coefficient (Wildman–Crippen LogP) is 7.05. The van der Waals surface area contributed by atoms with Gasteiger partial charge in [-0.15, -0.1) is 0 Å². The molecule has 3 nitrogen and oxygen atoms in total. The van der Waals surface area contributed by atoms with Gasteiger partial charge in [-0.2, -0.15) is 0 Å². The molecule has 0 aliphatic carbocycles. The minimum absolute atomic E-state index is 0.156. The molecule has 0 saturated heterocycles. The molecule has 142 valence electrons. The zero-order valence-electron chi connectivity index (χ0n) is 15.5. The van der Waals surface area contributed by atoms with Gasteiger partial charge in [0.15, 0.2) is 0 Å². The summed E-state index contributed by atoms with van der Waals surface area (Å²) in [4.78, 5) is 12.5. The SMILES string of the molecule is O=C(Nc1ccc(Oc2ccc(Cl)cc2)cc1)c1ccc(-c2ccccc2)cc1. The summed E-state index contributed by atoms with van der Waals surface area (Å²) in [5, 5.41) is 3.56. The Labute approximate surface area is 174 Å². The first kappa shape index (κ1) is 18.8. The van der Waals surface area contributed by atoms with E-state index in [4.69, 9.17) is 16.3 Å². The molecule has 0 heterocycles. The molecule has 0 fully saturated rings. The standard InChI is InChI=1S/C25H18ClNO2/c26-21-10-14-23(15-11-21)29-24-16-12-22(13-17-24)27-25(28)20-8-6-19(7-9-20)18-4-2-1-3-5-18/h1-17H,(H,27,28). The van der Waals surface area contributed by atoms with Gasteiger partial charge in [-0.25, -0.2) is 0 Å². The Morgan fingerprint density at radius 2 is 1.21 bits per heavy atom. The van der Waals surface area contributed by atoms with Crippen LogP contribution in [0, 0.1) is 0 Å². The van der Waals surface area contributed by atoms with Crippen LogP contribution in [-0.2, 0) is 0 Å². The molecule has 4 heteroatoms. The number of halogens is 1. The van der Waals surface area contributed by atoms with Gasteiger partial charge in [-0.3, -0.25) is 4.79 Å². The third-order valence-corrected chi connectivity index (χ3v) is 4.67. The monoisotopic (exact) mass is 399 g/mol. The van der Waals surface area contributed by atoms with Crippen LogP contribution in [0.1, 0.15) is 10.4 Å². The van der Waals surface area contributed by atoms with Gasteiger partial charge in [0.25, 0.3) is 5.91 Å². The van der Waals surface area contributed by atoms with Crippen molar-refractivity contribution in [2.24, 2.45) is 0 Å². The molecule has 0 aromatic heterocycles. The zero-order valence-corrected chi connectivity index (χ0v) is 16.3. The van der Waals surface area contributed by atoms with Crippen molar-refractivity contribution in [1.29, 1.82) is 0 Å². The molecule has 0 atom stereocenters. The van der Waals surface area contributed by atoms with E-state index < -0.39 is 0 Å². The maximum atomic E-state index is 12.5. The lowest BCUT2D eigenvalue weighted by Gasteiger charge is -2.09. The normalized spacial score (nSPS) is 10.4. The summed E-state index contributed by atoms with van der Waals surface area (Å²) in [5.41, 5.74) is 3.50. The van der Waals surface area contributed by atoms with Crippen LogP contribution in [0.5, 0.6) is 11.5 Å². The van der Waals surface area contributed by atoms with Gasteiger partial charge in [0.05, 0.1) is 0 Å². The average molecular weight is 400 g/mol. The molecule has 4 aromatic carbocycles. The van der Waals surface area contributed by atoms with Crippen molar-refractivity contribution < 1.29 is 9.53 Å². The van der Waals surface area contributed by atoms with E-state index in [-0.39, 0.29) is 5.91 Å². The number of carbonyl (C=O) groups is 1. The summed E-state index contributed by atoms with van der Waals surface area (Å²) in [5.74, 6) is 1.22. The van der Waals surface area contributed by atoms with Gasteiger partial charge in [0.2, 0.25) is 0 Å². The number of hydrogen-bond donors (Lipinski definition) is 1. The third-order valence-electron chi connectivity index (χ3n) is 4.42. The van der Waals surface area contributed by atoms with Gasteiger partial charge in [-0.05, 0) is 71.8 Å². The van der Waals surface area contributed by atoms with Crippen molar-refractivity contribution >= 4 is 23.2 Å². The highest BCUT2D eigenvalue weighted by Gasteiger charge is 2.07. The Balaban J connectivity index is 1.39. The maximum Gasteiger partial charge on any atom is 0.255 e. The second-order valence-electron chi connectivity index (χ2n) is 6.48. The molecule has 0 spiro atoms. The lowest BCUT2D eigenvalue weighted by Crippen LogP contribution is -2.11. The molecule has 0 aliphatic rings. The van der Waals surface area contributed by atoms with Crippen LogP contribution in [0.4, 0.5) is 5.69 Å². The Morgan fingerprint density at radius 1 is 0.655 bits per heavy atom. The van der Waals surface area contributed by atoms with Crippen molar-refractivity contribution in [2.45, 2.75) is 0 Å². The smallest absolute Gasteiger partial charge is 0.255 e. The van der Waals surface area contributed by atoms with E-state index in [1.807, 2.05) is 78.9 Å². The summed E-state index contributed by atoms with van der Waals surface area (Å²) in [6, 6.07) is 32.0. The Bertz CT molecular complexity index is 1090. The van der Waals surface area contributed by atoms with E-state index in [2.05, 4.69) is 5.32 Å². The van der Waals surface area contributed by atoms with Gasteiger partial charge in [-0.1, -0.05) is 54.1 Å². The quantitative estimate of drug-likeness (QED) is 0.390. The number of rotatable bonds is 5. The summed E-state index contributed by atoms with van der Waals surface area (Å²) < 4.78 is 5.76. The number of benzene rings is 4. The molecule has 0 saturated carbocycles. The zero-order chi connectivity index (χ0) is 20.1. The number of amides is 1. The highest BCUT2D eigenvalue weighted by Crippen LogP contribution is 2.25. The van der Waals surface area contributed by atoms with Crippen LogP contribution >= 0.6 is 11.6 Å². The maximum absolute atomic E-state index is 12.5. The fraction of sp³-hybridized carbons (Fsp3) is 0. The average Bonchev–Trinajstić information content (AvgIpc) is 2.77. The van der Waals surface area contributed by atoms with E-state index in [1.54, 1.807) is 24.3 Å². The second-order valence-corrected chi connectivity index (χ2v) is 6.91. The summed E-state index contributed by atoms with van der Waals surface area (Å²) in [6.07, 6.45) is 0. The second kappa shape index (κ2) is 8.63. The first-order valence-corrected chi connectivity index (χ1v) is 9.55. The fourth-order valence-electron chi connectivity index (χ4n) is 2.89. The van der Waals surface area contributed by atoms with Crippen molar-refractivity contribution in [2.75, 3.05) is 5.32 Å². The van der Waals surface area contributed by atoms with Crippen LogP contribution in [0.3, 0.4) is 0 Å². The van der Waals surface area contributed by atoms with Gasteiger partial charge >= 0.3 is 0 Å². The largest absolute Gasteiger partial charge is 0.457 e. The van der Waals surface area contributed by atoms with E-state index >= 15 is 0 Å². The summed E-state index contributed by atoms with van der Waals surface area (Å²) in [6.45, 7) is 0. The molecule has 4 aromatic rings. The van der Waals surface area contributed by atoms with Crippen molar-refractivity contribution in [3.05, 3.63) is 114 Å². The number of carbonyl (C=O) groups excluding carboxylic acids is 1. The lowest BCUT2D eigenvalue weighted by atomic mass is 10.0. The number of hydrogen-bond acceptors (Lipinski definition) is 2. The van der Waals surface area contributed by atoms with E-state index in [1.165, 1.54) is 0 Å². The first-order chi connectivity index (χ1) is 14.2. The lowest BCUT2D eigenvalue weighted by molar-refractivity contribution is 0.102. The van der Waals surface area contributed by atoms with Crippen LogP contribution < -0.4 is 10.1 Å². The highest BCUT2D eigenvalue weighted by molar-refractivity contribution is 6.30. The van der Waals surface area contributed by atoms with E-state index in [0.717, 1.165) is 11.1 Å². The first-order valence-electron chi connectivity index (χ1n) is 9.18. The fourth-order valence-corrected chi connectivity index (χ4v) is 3.02. The van der Waals surface area contributed by atoms with Crippen LogP contribution in [-0.4, -0.2) is 5.91 Å². The molecule has 0 bridgehead atoms. The predicted molar refractivity (Wildman–Crippen MR) is 118 cm³/mol. The molecular weight excluding hydrogens is 382 g/mol. The number of nitrogens with one attached hydrogen (secondary N) is 1. The molecule has 0 unspecified atom stereocenters. The van der Waals surface area contributed by atoms with Crippen LogP contribution in [0.2, 0.25) is 5.02 Å². The molecule has 1 amide bonds. The van der Waals surface area contributed by atoms with Gasteiger partial charge < -0.3 is 10.1 Å². The molecule has 1 N–H and O–H groups in total. The molecule has 0 aliphatic heterocycles. The van der Waals surface area contributed by atoms with Crippen molar-refractivity contribution in [3.63, 3.8) is 0 Å². The van der Waals surface area contributed by atoms with E-state index in [0.29, 0.717) is 27.8 Å². The topological polar surface area (TPSA) is 38.3 Å². The van der Waals surface area contributed by atoms with Crippen LogP contribution in [0.25, 0.3) is 11.1 Å². The Hall–Kier alpha value is -3.56. The van der Waals surface area contributed by atoms with E-state index in [9.17, 15) is 4.79 Å². The van der Waals surface area contributed by atoms with Crippen molar-refractivity contribution in [3.8, 4) is 22.6 Å². The molecule has 0 radical (unpaired) electrons. The summed E-state index contributed by atoms with van der Waals surface area (Å²) >= 11 is 5.88. The van der Waals surface area contributed by atoms with Crippen molar-refractivity contribution in [1.82, 2.24) is 0 Å². The Kier molecular flexibility index (Phi) is 5.59. The minimum Gasteiger partial charge on any atom is -0.457 e. The van der Waals surface area contributed by atoms with Gasteiger partial charge in [0.1, 0.15) is 11.5 Å². The molecular formula is C25H18ClNO2. The summed E-state index contributed by atoms with van der Waals surface area (Å²) in [7, 11) is 0. The minimum atomic E-state index is -0.156.